The maximum absolute atomic E-state index is 17.3. The molecule has 0 amide bonds. The molecule has 1 N–H and O–H groups in total. The van der Waals surface area contributed by atoms with Gasteiger partial charge in [0.15, 0.2) is 0 Å². The quantitative estimate of drug-likeness (QED) is 0.0596. The van der Waals surface area contributed by atoms with Gasteiger partial charge in [-0.2, -0.15) is 0 Å². The Morgan fingerprint density at radius 2 is 1.40 bits per heavy atom. The fraction of sp³-hybridized carbons (Fsp3) is 0.377. The lowest BCUT2D eigenvalue weighted by Crippen LogP contribution is -2.67. The number of likely N-dealkylation sites (tertiary alicyclic amines) is 1. The van der Waals surface area contributed by atoms with Crippen LogP contribution >= 0.6 is 0 Å². The zero-order valence-corrected chi connectivity index (χ0v) is 38.7. The molecule has 8 rings (SSSR count). The van der Waals surface area contributed by atoms with E-state index in [1.54, 1.807) is 6.92 Å². The van der Waals surface area contributed by atoms with Crippen LogP contribution in [0.15, 0.2) is 127 Å². The van der Waals surface area contributed by atoms with Gasteiger partial charge >= 0.3 is 5.97 Å². The van der Waals surface area contributed by atoms with E-state index in [1.165, 1.54) is 17.0 Å². The van der Waals surface area contributed by atoms with E-state index in [0.717, 1.165) is 32.4 Å². The molecule has 1 fully saturated rings. The number of aromatic nitrogens is 1. The van der Waals surface area contributed by atoms with Crippen molar-refractivity contribution in [2.24, 2.45) is 5.92 Å². The van der Waals surface area contributed by atoms with Crippen LogP contribution in [0.25, 0.3) is 10.9 Å². The second kappa shape index (κ2) is 19.0. The number of halogens is 5. The Labute approximate surface area is 379 Å². The second-order valence-corrected chi connectivity index (χ2v) is 23.3. The standard InChI is InChI=1S/C53H58F5N3O3Si/c1-35-28-43-42-24-15-16-25-46(42)59-48(43)49(61(35)33-53(57,58)34-63-65(52(3,4)5,40-20-11-7-12-21-40)41-22-13-8-14-23-41)47-44(55)29-38(30-45(47)56)50(39-31-60(32-39)27-17-26-54)64-51(62)36(2)37-18-9-6-10-19-37/h6-16,18-25,29-30,35-36,39,49-50,59H,17,26-28,31-34H2,1-5H3/t35-,36+,49-,50?/m1/s1. The topological polar surface area (TPSA) is 57.8 Å². The minimum Gasteiger partial charge on any atom is -0.457 e. The number of hydrogen-bond acceptors (Lipinski definition) is 5. The summed E-state index contributed by atoms with van der Waals surface area (Å²) in [4.78, 5) is 20.6. The Morgan fingerprint density at radius 1 is 0.831 bits per heavy atom. The molecule has 342 valence electrons. The molecule has 2 aliphatic heterocycles. The lowest BCUT2D eigenvalue weighted by atomic mass is 9.85. The van der Waals surface area contributed by atoms with Gasteiger partial charge in [0.2, 0.25) is 0 Å². The second-order valence-electron chi connectivity index (χ2n) is 18.9. The van der Waals surface area contributed by atoms with Crippen LogP contribution in [0.4, 0.5) is 22.0 Å². The molecule has 0 saturated carbocycles. The molecule has 1 unspecified atom stereocenters. The van der Waals surface area contributed by atoms with Crippen LogP contribution in [0.2, 0.25) is 5.04 Å². The SMILES string of the molecule is C[C@H](C(=O)OC(c1cc(F)c([C@@H]2c3[nH]c4ccccc4c3C[C@@H](C)N2CC(F)(F)CO[Si](c2ccccc2)(c2ccccc2)C(C)(C)C)c(F)c1)C1CN(CCCF)C1)c1ccccc1. The number of nitrogens with zero attached hydrogens (tertiary/aromatic N) is 2. The Kier molecular flexibility index (Phi) is 13.6. The van der Waals surface area contributed by atoms with Crippen LogP contribution in [-0.2, 0) is 20.4 Å². The minimum absolute atomic E-state index is 0.129. The van der Waals surface area contributed by atoms with E-state index in [4.69, 9.17) is 9.16 Å². The number of aromatic amines is 1. The van der Waals surface area contributed by atoms with Gasteiger partial charge in [-0.05, 0) is 77.0 Å². The van der Waals surface area contributed by atoms with Gasteiger partial charge in [-0.25, -0.2) is 17.6 Å². The van der Waals surface area contributed by atoms with Crippen molar-refractivity contribution < 1.29 is 35.9 Å². The fourth-order valence-electron chi connectivity index (χ4n) is 10.2. The number of carbonyl (C=O) groups is 1. The van der Waals surface area contributed by atoms with Crippen LogP contribution in [0.5, 0.6) is 0 Å². The van der Waals surface area contributed by atoms with Crippen LogP contribution in [-0.4, -0.2) is 80.5 Å². The third-order valence-electron chi connectivity index (χ3n) is 13.5. The lowest BCUT2D eigenvalue weighted by Gasteiger charge is -2.45. The molecule has 6 nitrogen and oxygen atoms in total. The Morgan fingerprint density at radius 3 is 1.98 bits per heavy atom. The number of benzene rings is 5. The third kappa shape index (κ3) is 9.32. The van der Waals surface area contributed by atoms with E-state index in [0.29, 0.717) is 38.2 Å². The van der Waals surface area contributed by atoms with Crippen molar-refractivity contribution in [3.63, 3.8) is 0 Å². The summed E-state index contributed by atoms with van der Waals surface area (Å²) < 4.78 is 94.7. The first-order valence-corrected chi connectivity index (χ1v) is 24.5. The average Bonchev–Trinajstić information content (AvgIpc) is 3.64. The average molecular weight is 908 g/mol. The molecule has 5 aromatic carbocycles. The van der Waals surface area contributed by atoms with Crippen molar-refractivity contribution in [3.05, 3.63) is 167 Å². The van der Waals surface area contributed by atoms with Crippen molar-refractivity contribution in [2.45, 2.75) is 82.5 Å². The van der Waals surface area contributed by atoms with Gasteiger partial charge in [0.05, 0.1) is 31.8 Å². The number of H-pyrrole nitrogens is 1. The zero-order valence-electron chi connectivity index (χ0n) is 37.7. The number of carbonyl (C=O) groups excluding carboxylic acids is 1. The minimum atomic E-state index is -3.47. The maximum Gasteiger partial charge on any atom is 0.313 e. The smallest absolute Gasteiger partial charge is 0.313 e. The van der Waals surface area contributed by atoms with Gasteiger partial charge in [0.1, 0.15) is 17.7 Å². The highest BCUT2D eigenvalue weighted by atomic mass is 28.4. The number of esters is 1. The summed E-state index contributed by atoms with van der Waals surface area (Å²) in [5.41, 5.74) is 2.48. The first-order valence-electron chi connectivity index (χ1n) is 22.6. The van der Waals surface area contributed by atoms with E-state index in [9.17, 15) is 9.18 Å². The van der Waals surface area contributed by atoms with E-state index < -0.39 is 80.8 Å². The molecule has 1 saturated heterocycles. The number of para-hydroxylation sites is 1. The third-order valence-corrected chi connectivity index (χ3v) is 18.5. The Bertz CT molecular complexity index is 2500. The van der Waals surface area contributed by atoms with E-state index in [-0.39, 0.29) is 17.0 Å². The Hall–Kier alpha value is -5.14. The largest absolute Gasteiger partial charge is 0.457 e. The predicted molar refractivity (Wildman–Crippen MR) is 249 cm³/mol. The zero-order chi connectivity index (χ0) is 46.1. The van der Waals surface area contributed by atoms with Gasteiger partial charge in [-0.15, -0.1) is 0 Å². The summed E-state index contributed by atoms with van der Waals surface area (Å²) in [6, 6.07) is 36.3. The van der Waals surface area contributed by atoms with Crippen molar-refractivity contribution in [1.82, 2.24) is 14.8 Å². The van der Waals surface area contributed by atoms with Crippen molar-refractivity contribution in [2.75, 3.05) is 39.5 Å². The number of hydrogen-bond donors (Lipinski definition) is 1. The first kappa shape index (κ1) is 46.4. The van der Waals surface area contributed by atoms with E-state index in [2.05, 4.69) is 4.98 Å². The van der Waals surface area contributed by atoms with E-state index in [1.807, 2.05) is 148 Å². The summed E-state index contributed by atoms with van der Waals surface area (Å²) in [5, 5.41) is 2.02. The summed E-state index contributed by atoms with van der Waals surface area (Å²) in [5.74, 6) is -6.87. The molecular weight excluding hydrogens is 850 g/mol. The first-order chi connectivity index (χ1) is 31.1. The summed E-state index contributed by atoms with van der Waals surface area (Å²) in [7, 11) is -3.38. The monoisotopic (exact) mass is 907 g/mol. The molecule has 65 heavy (non-hydrogen) atoms. The van der Waals surface area contributed by atoms with Crippen LogP contribution < -0.4 is 10.4 Å². The number of fused-ring (bicyclic) bond motifs is 3. The van der Waals surface area contributed by atoms with Gasteiger partial charge in [0, 0.05) is 53.8 Å². The Balaban J connectivity index is 1.16. The summed E-state index contributed by atoms with van der Waals surface area (Å²) in [6.45, 7) is 8.77. The predicted octanol–water partition coefficient (Wildman–Crippen LogP) is 10.7. The number of ether oxygens (including phenoxy) is 1. The summed E-state index contributed by atoms with van der Waals surface area (Å²) in [6.07, 6.45) is -0.306. The molecule has 12 heteroatoms. The van der Waals surface area contributed by atoms with Gasteiger partial charge in [-0.3, -0.25) is 14.1 Å². The van der Waals surface area contributed by atoms with Crippen molar-refractivity contribution in [3.8, 4) is 0 Å². The molecule has 3 heterocycles. The van der Waals surface area contributed by atoms with Crippen molar-refractivity contribution >= 4 is 35.6 Å². The maximum atomic E-state index is 17.3. The van der Waals surface area contributed by atoms with Gasteiger partial charge < -0.3 is 19.0 Å². The van der Waals surface area contributed by atoms with E-state index >= 15 is 17.6 Å². The van der Waals surface area contributed by atoms with Gasteiger partial charge in [0.25, 0.3) is 14.2 Å². The van der Waals surface area contributed by atoms with Crippen molar-refractivity contribution in [1.29, 1.82) is 0 Å². The molecule has 0 aliphatic carbocycles. The highest BCUT2D eigenvalue weighted by molar-refractivity contribution is 6.99. The molecule has 0 bridgehead atoms. The molecular formula is C53H58F5N3O3Si. The molecule has 2 aliphatic rings. The molecule has 4 atom stereocenters. The summed E-state index contributed by atoms with van der Waals surface area (Å²) >= 11 is 0. The van der Waals surface area contributed by atoms with Crippen LogP contribution in [0.1, 0.15) is 87.1 Å². The molecule has 0 radical (unpaired) electrons. The number of nitrogens with one attached hydrogen (secondary N) is 1. The van der Waals surface area contributed by atoms with Gasteiger partial charge in [-0.1, -0.05) is 130 Å². The highest BCUT2D eigenvalue weighted by Gasteiger charge is 2.53. The molecule has 1 aromatic heterocycles. The normalized spacial score (nSPS) is 18.6. The highest BCUT2D eigenvalue weighted by Crippen LogP contribution is 2.46. The van der Waals surface area contributed by atoms with Crippen LogP contribution in [0.3, 0.4) is 0 Å². The molecule has 6 aromatic rings. The lowest BCUT2D eigenvalue weighted by molar-refractivity contribution is -0.158. The molecule has 0 spiro atoms. The fourth-order valence-corrected chi connectivity index (χ4v) is 14.8. The number of alkyl halides is 3. The number of rotatable bonds is 16. The van der Waals surface area contributed by atoms with Crippen LogP contribution in [0, 0.1) is 17.6 Å².